The number of hydrogen-bond donors (Lipinski definition) is 1. The topological polar surface area (TPSA) is 33.1 Å². The van der Waals surface area contributed by atoms with Crippen molar-refractivity contribution in [2.45, 2.75) is 45.2 Å². The van der Waals surface area contributed by atoms with Gasteiger partial charge < -0.3 is 14.8 Å². The second kappa shape index (κ2) is 5.08. The molecule has 0 aromatic carbocycles. The second-order valence-electron chi connectivity index (χ2n) is 5.47. The lowest BCUT2D eigenvalue weighted by molar-refractivity contribution is 0.359. The molecule has 0 saturated heterocycles. The van der Waals surface area contributed by atoms with Crippen LogP contribution in [0.25, 0.3) is 0 Å². The summed E-state index contributed by atoms with van der Waals surface area (Å²) in [6.07, 6.45) is 5.89. The van der Waals surface area contributed by atoms with Gasteiger partial charge in [-0.25, -0.2) is 4.98 Å². The number of aromatic nitrogens is 2. The van der Waals surface area contributed by atoms with E-state index in [-0.39, 0.29) is 0 Å². The molecule has 1 unspecified atom stereocenters. The normalized spacial score (nSPS) is 17.5. The molecule has 0 spiro atoms. The molecular weight excluding hydrogens is 212 g/mol. The van der Waals surface area contributed by atoms with Gasteiger partial charge in [-0.1, -0.05) is 0 Å². The summed E-state index contributed by atoms with van der Waals surface area (Å²) >= 11 is 0. The monoisotopic (exact) mass is 236 g/mol. The van der Waals surface area contributed by atoms with E-state index in [2.05, 4.69) is 53.9 Å². The number of rotatable bonds is 6. The minimum atomic E-state index is 0.500. The number of nitrogens with one attached hydrogen (secondary N) is 1. The Kier molecular flexibility index (Phi) is 3.72. The average molecular weight is 236 g/mol. The van der Waals surface area contributed by atoms with Crippen molar-refractivity contribution < 1.29 is 0 Å². The molecule has 0 amide bonds. The summed E-state index contributed by atoms with van der Waals surface area (Å²) in [5.41, 5.74) is 1.10. The van der Waals surface area contributed by atoms with Gasteiger partial charge in [0.15, 0.2) is 0 Å². The van der Waals surface area contributed by atoms with Crippen molar-refractivity contribution in [1.82, 2.24) is 14.5 Å². The van der Waals surface area contributed by atoms with Gasteiger partial charge in [0.2, 0.25) is 5.95 Å². The van der Waals surface area contributed by atoms with Gasteiger partial charge in [0.1, 0.15) is 0 Å². The van der Waals surface area contributed by atoms with E-state index in [1.807, 2.05) is 0 Å². The van der Waals surface area contributed by atoms with Crippen molar-refractivity contribution >= 4 is 5.95 Å². The second-order valence-corrected chi connectivity index (χ2v) is 5.47. The van der Waals surface area contributed by atoms with Crippen LogP contribution < -0.4 is 5.32 Å². The molecule has 0 aliphatic heterocycles. The predicted octanol–water partition coefficient (Wildman–Crippen LogP) is 2.28. The van der Waals surface area contributed by atoms with E-state index < -0.39 is 0 Å². The summed E-state index contributed by atoms with van der Waals surface area (Å²) in [5.74, 6) is 1.05. The van der Waals surface area contributed by atoms with Gasteiger partial charge in [0, 0.05) is 18.3 Å². The average Bonchev–Trinajstić information content (AvgIpc) is 2.98. The maximum atomic E-state index is 4.58. The first-order chi connectivity index (χ1) is 8.06. The van der Waals surface area contributed by atoms with Crippen LogP contribution in [0.3, 0.4) is 0 Å². The first-order valence-corrected chi connectivity index (χ1v) is 6.53. The van der Waals surface area contributed by atoms with E-state index in [9.17, 15) is 0 Å². The van der Waals surface area contributed by atoms with Crippen LogP contribution in [0.2, 0.25) is 0 Å². The standard InChI is InChI=1S/C13H24N4/c1-10-9-17(11(2)7-8-16(3)4)13(14-10)15-12-5-6-12/h9,11-12H,5-8H2,1-4H3,(H,14,15). The van der Waals surface area contributed by atoms with Crippen molar-refractivity contribution in [3.8, 4) is 0 Å². The van der Waals surface area contributed by atoms with Gasteiger partial charge in [0.25, 0.3) is 0 Å². The molecule has 0 bridgehead atoms. The Bertz CT molecular complexity index is 365. The van der Waals surface area contributed by atoms with Crippen LogP contribution in [-0.4, -0.2) is 41.1 Å². The summed E-state index contributed by atoms with van der Waals surface area (Å²) in [6, 6.07) is 1.16. The Morgan fingerprint density at radius 1 is 1.53 bits per heavy atom. The van der Waals surface area contributed by atoms with Gasteiger partial charge in [-0.05, 0) is 53.8 Å². The maximum Gasteiger partial charge on any atom is 0.203 e. The lowest BCUT2D eigenvalue weighted by atomic mass is 10.2. The molecule has 4 nitrogen and oxygen atoms in total. The van der Waals surface area contributed by atoms with Crippen LogP contribution in [0.15, 0.2) is 6.20 Å². The number of aryl methyl sites for hydroxylation is 1. The van der Waals surface area contributed by atoms with E-state index in [1.54, 1.807) is 0 Å². The molecule has 1 aliphatic rings. The Morgan fingerprint density at radius 3 is 2.82 bits per heavy atom. The molecule has 0 radical (unpaired) electrons. The summed E-state index contributed by atoms with van der Waals surface area (Å²) < 4.78 is 2.29. The summed E-state index contributed by atoms with van der Waals surface area (Å²) in [4.78, 5) is 6.81. The molecule has 1 aromatic heterocycles. The fourth-order valence-corrected chi connectivity index (χ4v) is 1.95. The predicted molar refractivity (Wildman–Crippen MR) is 71.5 cm³/mol. The summed E-state index contributed by atoms with van der Waals surface area (Å²) in [6.45, 7) is 5.44. The van der Waals surface area contributed by atoms with Crippen molar-refractivity contribution in [2.75, 3.05) is 26.0 Å². The molecule has 1 fully saturated rings. The SMILES string of the molecule is Cc1cn(C(C)CCN(C)C)c(NC2CC2)n1. The molecule has 96 valence electrons. The smallest absolute Gasteiger partial charge is 0.203 e. The highest BCUT2D eigenvalue weighted by Crippen LogP contribution is 2.26. The van der Waals surface area contributed by atoms with E-state index in [0.29, 0.717) is 12.1 Å². The van der Waals surface area contributed by atoms with Gasteiger partial charge in [-0.3, -0.25) is 0 Å². The van der Waals surface area contributed by atoms with Crippen LogP contribution in [0.5, 0.6) is 0 Å². The highest BCUT2D eigenvalue weighted by molar-refractivity contribution is 5.32. The molecule has 1 N–H and O–H groups in total. The van der Waals surface area contributed by atoms with Crippen LogP contribution in [0, 0.1) is 6.92 Å². The third kappa shape index (κ3) is 3.46. The zero-order chi connectivity index (χ0) is 12.4. The summed E-state index contributed by atoms with van der Waals surface area (Å²) in [5, 5.41) is 3.51. The zero-order valence-corrected chi connectivity index (χ0v) is 11.4. The maximum absolute atomic E-state index is 4.58. The largest absolute Gasteiger partial charge is 0.353 e. The van der Waals surface area contributed by atoms with Crippen molar-refractivity contribution in [3.63, 3.8) is 0 Å². The minimum absolute atomic E-state index is 0.500. The molecule has 1 heterocycles. The third-order valence-corrected chi connectivity index (χ3v) is 3.23. The van der Waals surface area contributed by atoms with Crippen molar-refractivity contribution in [1.29, 1.82) is 0 Å². The summed E-state index contributed by atoms with van der Waals surface area (Å²) in [7, 11) is 4.24. The highest BCUT2D eigenvalue weighted by Gasteiger charge is 2.23. The van der Waals surface area contributed by atoms with Crippen molar-refractivity contribution in [3.05, 3.63) is 11.9 Å². The first-order valence-electron chi connectivity index (χ1n) is 6.53. The third-order valence-electron chi connectivity index (χ3n) is 3.23. The number of nitrogens with zero attached hydrogens (tertiary/aromatic N) is 3. The molecule has 4 heteroatoms. The van der Waals surface area contributed by atoms with Crippen molar-refractivity contribution in [2.24, 2.45) is 0 Å². The molecule has 17 heavy (non-hydrogen) atoms. The van der Waals surface area contributed by atoms with Gasteiger partial charge in [0.05, 0.1) is 5.69 Å². The lowest BCUT2D eigenvalue weighted by Crippen LogP contribution is -2.18. The van der Waals surface area contributed by atoms with Crippen LogP contribution in [-0.2, 0) is 0 Å². The Morgan fingerprint density at radius 2 is 2.24 bits per heavy atom. The van der Waals surface area contributed by atoms with E-state index in [4.69, 9.17) is 0 Å². The number of imidazole rings is 1. The fraction of sp³-hybridized carbons (Fsp3) is 0.769. The van der Waals surface area contributed by atoms with Gasteiger partial charge >= 0.3 is 0 Å². The van der Waals surface area contributed by atoms with E-state index in [0.717, 1.165) is 24.6 Å². The van der Waals surface area contributed by atoms with Gasteiger partial charge in [-0.2, -0.15) is 0 Å². The fourth-order valence-electron chi connectivity index (χ4n) is 1.95. The number of anilines is 1. The minimum Gasteiger partial charge on any atom is -0.353 e. The van der Waals surface area contributed by atoms with Crippen LogP contribution in [0.1, 0.15) is 37.9 Å². The van der Waals surface area contributed by atoms with Gasteiger partial charge in [-0.15, -0.1) is 0 Å². The molecular formula is C13H24N4. The molecule has 1 aromatic rings. The Balaban J connectivity index is 2.01. The number of hydrogen-bond acceptors (Lipinski definition) is 3. The first kappa shape index (κ1) is 12.4. The van der Waals surface area contributed by atoms with Crippen LogP contribution in [0.4, 0.5) is 5.95 Å². The Hall–Kier alpha value is -1.03. The van der Waals surface area contributed by atoms with E-state index >= 15 is 0 Å². The van der Waals surface area contributed by atoms with E-state index in [1.165, 1.54) is 12.8 Å². The van der Waals surface area contributed by atoms with Crippen LogP contribution >= 0.6 is 0 Å². The highest BCUT2D eigenvalue weighted by atomic mass is 15.2. The molecule has 1 saturated carbocycles. The Labute approximate surface area is 104 Å². The molecule has 1 aliphatic carbocycles. The lowest BCUT2D eigenvalue weighted by Gasteiger charge is -2.19. The molecule has 1 atom stereocenters. The zero-order valence-electron chi connectivity index (χ0n) is 11.4. The quantitative estimate of drug-likeness (QED) is 0.822. The molecule has 2 rings (SSSR count).